The highest BCUT2D eigenvalue weighted by Crippen LogP contribution is 2.22. The highest BCUT2D eigenvalue weighted by Gasteiger charge is 2.13. The highest BCUT2D eigenvalue weighted by molar-refractivity contribution is 14.1. The fraction of sp³-hybridized carbons (Fsp3) is 0.250. The molecule has 0 fully saturated rings. The Morgan fingerprint density at radius 3 is 2.69 bits per heavy atom. The summed E-state index contributed by atoms with van der Waals surface area (Å²) in [5, 5.41) is 8.62. The number of hydrogen-bond donors (Lipinski definition) is 0. The average Bonchev–Trinajstić information content (AvgIpc) is 2.09. The molecule has 2 nitrogen and oxygen atoms in total. The molecule has 1 heterocycles. The van der Waals surface area contributed by atoms with E-state index in [-0.39, 0.29) is 11.3 Å². The van der Waals surface area contributed by atoms with Crippen LogP contribution < -0.4 is 0 Å². The van der Waals surface area contributed by atoms with Gasteiger partial charge in [-0.25, -0.2) is 8.78 Å². The van der Waals surface area contributed by atoms with Crippen LogP contribution in [0.2, 0.25) is 0 Å². The average molecular weight is 294 g/mol. The van der Waals surface area contributed by atoms with E-state index in [1.165, 1.54) is 0 Å². The standard InChI is InChI=1S/C8H5F2IN2/c1-4-7(11)5(3-12)2-6(13-4)8(9)10/h2,8H,1H3. The van der Waals surface area contributed by atoms with Gasteiger partial charge in [-0.3, -0.25) is 4.98 Å². The van der Waals surface area contributed by atoms with Crippen molar-refractivity contribution in [1.82, 2.24) is 4.98 Å². The Kier molecular flexibility index (Phi) is 3.14. The molecule has 0 bridgehead atoms. The van der Waals surface area contributed by atoms with Crippen molar-refractivity contribution >= 4 is 22.6 Å². The second-order valence-corrected chi connectivity index (χ2v) is 3.49. The minimum absolute atomic E-state index is 0.253. The molecule has 5 heteroatoms. The molecular formula is C8H5F2IN2. The van der Waals surface area contributed by atoms with Crippen molar-refractivity contribution in [3.63, 3.8) is 0 Å². The summed E-state index contributed by atoms with van der Waals surface area (Å²) in [4.78, 5) is 3.67. The van der Waals surface area contributed by atoms with Gasteiger partial charge in [0.25, 0.3) is 6.43 Å². The minimum atomic E-state index is -2.62. The predicted molar refractivity (Wildman–Crippen MR) is 51.4 cm³/mol. The molecule has 0 amide bonds. The van der Waals surface area contributed by atoms with Crippen molar-refractivity contribution in [3.8, 4) is 6.07 Å². The Hall–Kier alpha value is -0.770. The normalized spacial score (nSPS) is 10.2. The number of halogens is 3. The van der Waals surface area contributed by atoms with E-state index in [9.17, 15) is 8.78 Å². The molecule has 0 aromatic carbocycles. The first kappa shape index (κ1) is 10.3. The van der Waals surface area contributed by atoms with Gasteiger partial charge in [0.2, 0.25) is 0 Å². The molecule has 0 aliphatic rings. The third-order valence-electron chi connectivity index (χ3n) is 1.49. The lowest BCUT2D eigenvalue weighted by Gasteiger charge is -2.03. The SMILES string of the molecule is Cc1nc(C(F)F)cc(C#N)c1I. The first-order chi connectivity index (χ1) is 6.06. The zero-order chi connectivity index (χ0) is 10.0. The number of nitrogens with zero attached hydrogens (tertiary/aromatic N) is 2. The van der Waals surface area contributed by atoms with Crippen LogP contribution in [0.4, 0.5) is 8.78 Å². The summed E-state index contributed by atoms with van der Waals surface area (Å²) >= 11 is 1.92. The van der Waals surface area contributed by atoms with Crippen LogP contribution in [0.25, 0.3) is 0 Å². The van der Waals surface area contributed by atoms with Crippen LogP contribution in [0.15, 0.2) is 6.07 Å². The quantitative estimate of drug-likeness (QED) is 0.747. The molecule has 13 heavy (non-hydrogen) atoms. The van der Waals surface area contributed by atoms with Gasteiger partial charge in [-0.2, -0.15) is 5.26 Å². The Balaban J connectivity index is 3.32. The van der Waals surface area contributed by atoms with Gasteiger partial charge in [-0.15, -0.1) is 0 Å². The molecule has 0 N–H and O–H groups in total. The van der Waals surface area contributed by atoms with E-state index >= 15 is 0 Å². The van der Waals surface area contributed by atoms with Crippen molar-refractivity contribution in [2.45, 2.75) is 13.3 Å². The van der Waals surface area contributed by atoms with Crippen molar-refractivity contribution in [2.24, 2.45) is 0 Å². The van der Waals surface area contributed by atoms with E-state index in [4.69, 9.17) is 5.26 Å². The largest absolute Gasteiger partial charge is 0.280 e. The second kappa shape index (κ2) is 3.96. The molecule has 0 saturated carbocycles. The predicted octanol–water partition coefficient (Wildman–Crippen LogP) is 2.80. The fourth-order valence-corrected chi connectivity index (χ4v) is 1.27. The Morgan fingerprint density at radius 1 is 1.62 bits per heavy atom. The van der Waals surface area contributed by atoms with Gasteiger partial charge in [0, 0.05) is 0 Å². The van der Waals surface area contributed by atoms with Crippen LogP contribution in [-0.2, 0) is 0 Å². The molecule has 0 atom stereocenters. The molecule has 1 rings (SSSR count). The number of nitriles is 1. The van der Waals surface area contributed by atoms with E-state index in [0.29, 0.717) is 9.26 Å². The molecule has 1 aromatic rings. The van der Waals surface area contributed by atoms with Crippen LogP contribution in [0.5, 0.6) is 0 Å². The monoisotopic (exact) mass is 294 g/mol. The fourth-order valence-electron chi connectivity index (χ4n) is 0.874. The third kappa shape index (κ3) is 2.12. The summed E-state index contributed by atoms with van der Waals surface area (Å²) in [6, 6.07) is 2.97. The lowest BCUT2D eigenvalue weighted by molar-refractivity contribution is 0.146. The summed E-state index contributed by atoms with van der Waals surface area (Å²) in [6.07, 6.45) is -2.62. The number of aryl methyl sites for hydroxylation is 1. The maximum atomic E-state index is 12.2. The molecule has 68 valence electrons. The maximum Gasteiger partial charge on any atom is 0.280 e. The van der Waals surface area contributed by atoms with E-state index in [0.717, 1.165) is 6.07 Å². The van der Waals surface area contributed by atoms with Gasteiger partial charge in [0.15, 0.2) is 0 Å². The van der Waals surface area contributed by atoms with E-state index in [2.05, 4.69) is 4.98 Å². The Labute approximate surface area is 87.7 Å². The lowest BCUT2D eigenvalue weighted by Crippen LogP contribution is -1.98. The van der Waals surface area contributed by atoms with Crippen molar-refractivity contribution in [1.29, 1.82) is 5.26 Å². The zero-order valence-corrected chi connectivity index (χ0v) is 8.84. The van der Waals surface area contributed by atoms with E-state index < -0.39 is 6.43 Å². The third-order valence-corrected chi connectivity index (χ3v) is 2.85. The summed E-state index contributed by atoms with van der Waals surface area (Å²) in [6.45, 7) is 1.61. The zero-order valence-electron chi connectivity index (χ0n) is 6.68. The van der Waals surface area contributed by atoms with Crippen molar-refractivity contribution < 1.29 is 8.78 Å². The van der Waals surface area contributed by atoms with Crippen molar-refractivity contribution in [3.05, 3.63) is 26.6 Å². The first-order valence-electron chi connectivity index (χ1n) is 3.41. The molecule has 0 aliphatic carbocycles. The number of alkyl halides is 2. The molecule has 0 spiro atoms. The van der Waals surface area contributed by atoms with Gasteiger partial charge >= 0.3 is 0 Å². The number of pyridine rings is 1. The molecule has 0 aliphatic heterocycles. The maximum absolute atomic E-state index is 12.2. The highest BCUT2D eigenvalue weighted by atomic mass is 127. The van der Waals surface area contributed by atoms with Gasteiger partial charge in [0.1, 0.15) is 11.8 Å². The molecule has 0 unspecified atom stereocenters. The lowest BCUT2D eigenvalue weighted by atomic mass is 10.2. The van der Waals surface area contributed by atoms with E-state index in [1.54, 1.807) is 6.92 Å². The summed E-state index contributed by atoms with van der Waals surface area (Å²) in [7, 11) is 0. The van der Waals surface area contributed by atoms with Gasteiger partial charge in [-0.05, 0) is 35.6 Å². The smallest absolute Gasteiger partial charge is 0.251 e. The van der Waals surface area contributed by atoms with Gasteiger partial charge < -0.3 is 0 Å². The summed E-state index contributed by atoms with van der Waals surface area (Å²) in [5.74, 6) is 0. The topological polar surface area (TPSA) is 36.7 Å². The Bertz CT molecular complexity index is 371. The molecule has 1 aromatic heterocycles. The molecule has 0 radical (unpaired) electrons. The van der Waals surface area contributed by atoms with Gasteiger partial charge in [0.05, 0.1) is 14.8 Å². The second-order valence-electron chi connectivity index (χ2n) is 2.41. The van der Waals surface area contributed by atoms with Crippen LogP contribution in [0, 0.1) is 21.8 Å². The van der Waals surface area contributed by atoms with Crippen molar-refractivity contribution in [2.75, 3.05) is 0 Å². The van der Waals surface area contributed by atoms with Crippen LogP contribution in [0.3, 0.4) is 0 Å². The summed E-state index contributed by atoms with van der Waals surface area (Å²) < 4.78 is 25.1. The van der Waals surface area contributed by atoms with Crippen LogP contribution in [0.1, 0.15) is 23.4 Å². The number of rotatable bonds is 1. The first-order valence-corrected chi connectivity index (χ1v) is 4.49. The molecular weight excluding hydrogens is 289 g/mol. The van der Waals surface area contributed by atoms with E-state index in [1.807, 2.05) is 28.7 Å². The van der Waals surface area contributed by atoms with Gasteiger partial charge in [-0.1, -0.05) is 0 Å². The van der Waals surface area contributed by atoms with Crippen LogP contribution >= 0.6 is 22.6 Å². The summed E-state index contributed by atoms with van der Waals surface area (Å²) in [5.41, 5.74) is 0.382. The number of hydrogen-bond acceptors (Lipinski definition) is 2. The number of aromatic nitrogens is 1. The van der Waals surface area contributed by atoms with Crippen LogP contribution in [-0.4, -0.2) is 4.98 Å². The Morgan fingerprint density at radius 2 is 2.23 bits per heavy atom. The minimum Gasteiger partial charge on any atom is -0.251 e. The molecule has 0 saturated heterocycles.